The number of furan rings is 1. The molecule has 2 heterocycles. The molecule has 1 aromatic rings. The van der Waals surface area contributed by atoms with Gasteiger partial charge in [-0.3, -0.25) is 0 Å². The van der Waals surface area contributed by atoms with Crippen LogP contribution in [-0.4, -0.2) is 44.2 Å². The van der Waals surface area contributed by atoms with Gasteiger partial charge in [0.2, 0.25) is 5.76 Å². The molecule has 0 aromatic carbocycles. The summed E-state index contributed by atoms with van der Waals surface area (Å²) in [5, 5.41) is 9.25. The van der Waals surface area contributed by atoms with E-state index in [1.165, 1.54) is 6.26 Å². The number of nitrogen functional groups attached to an aromatic ring is 1. The van der Waals surface area contributed by atoms with Crippen molar-refractivity contribution in [1.82, 2.24) is 0 Å². The lowest BCUT2D eigenvalue weighted by Crippen LogP contribution is -2.48. The van der Waals surface area contributed by atoms with Crippen molar-refractivity contribution in [2.75, 3.05) is 32.2 Å². The van der Waals surface area contributed by atoms with Crippen molar-refractivity contribution in [2.24, 2.45) is 0 Å². The minimum atomic E-state index is -0.771. The maximum absolute atomic E-state index is 9.25. The molecule has 1 aromatic heterocycles. The molecule has 0 amide bonds. The van der Waals surface area contributed by atoms with Crippen molar-refractivity contribution in [2.45, 2.75) is 90.1 Å². The summed E-state index contributed by atoms with van der Waals surface area (Å²) in [5.41, 5.74) is 6.36. The lowest BCUT2D eigenvalue weighted by Gasteiger charge is -2.35. The molecule has 0 bridgehead atoms. The Morgan fingerprint density at radius 3 is 2.40 bits per heavy atom. The molecule has 0 unspecified atom stereocenters. The monoisotopic (exact) mass is 422 g/mol. The summed E-state index contributed by atoms with van der Waals surface area (Å²) in [6.45, 7) is 10.7. The van der Waals surface area contributed by atoms with E-state index in [9.17, 15) is 5.26 Å². The van der Waals surface area contributed by atoms with E-state index in [2.05, 4.69) is 20.8 Å². The fourth-order valence-corrected chi connectivity index (χ4v) is 3.75. The number of ether oxygens (including phenoxy) is 4. The first-order chi connectivity index (χ1) is 14.5. The highest BCUT2D eigenvalue weighted by atomic mass is 16.6. The van der Waals surface area contributed by atoms with Gasteiger partial charge in [0.1, 0.15) is 36.2 Å². The van der Waals surface area contributed by atoms with Crippen molar-refractivity contribution in [3.05, 3.63) is 17.6 Å². The summed E-state index contributed by atoms with van der Waals surface area (Å²) >= 11 is 0. The molecule has 1 saturated heterocycles. The SMILES string of the molecule is CCCCOC[C@H]1O[C@@H](c2coc(C#N)c2N)[C@](C)(OCCCC)[C@@H]1OCCCC. The van der Waals surface area contributed by atoms with Crippen molar-refractivity contribution >= 4 is 5.69 Å². The van der Waals surface area contributed by atoms with Crippen molar-refractivity contribution in [3.63, 3.8) is 0 Å². The Hall–Kier alpha value is -1.59. The summed E-state index contributed by atoms with van der Waals surface area (Å²) in [6, 6.07) is 1.99. The highest BCUT2D eigenvalue weighted by Crippen LogP contribution is 2.48. The number of hydrogen-bond donors (Lipinski definition) is 1. The van der Waals surface area contributed by atoms with Crippen LogP contribution < -0.4 is 5.73 Å². The Kier molecular flexibility index (Phi) is 10.1. The zero-order valence-corrected chi connectivity index (χ0v) is 18.9. The van der Waals surface area contributed by atoms with Gasteiger partial charge in [-0.05, 0) is 26.2 Å². The van der Waals surface area contributed by atoms with Gasteiger partial charge in [-0.1, -0.05) is 40.0 Å². The van der Waals surface area contributed by atoms with E-state index in [0.29, 0.717) is 37.7 Å². The molecule has 1 aliphatic heterocycles. The van der Waals surface area contributed by atoms with Gasteiger partial charge in [0.05, 0.1) is 12.3 Å². The van der Waals surface area contributed by atoms with Gasteiger partial charge in [0, 0.05) is 25.4 Å². The number of nitrogens with two attached hydrogens (primary N) is 1. The molecule has 0 radical (unpaired) electrons. The van der Waals surface area contributed by atoms with Crippen LogP contribution in [-0.2, 0) is 18.9 Å². The topological polar surface area (TPSA) is 99.9 Å². The fourth-order valence-electron chi connectivity index (χ4n) is 3.75. The van der Waals surface area contributed by atoms with E-state index in [1.807, 2.05) is 13.0 Å². The van der Waals surface area contributed by atoms with Gasteiger partial charge in [-0.25, -0.2) is 0 Å². The van der Waals surface area contributed by atoms with E-state index >= 15 is 0 Å². The third-order valence-electron chi connectivity index (χ3n) is 5.61. The Morgan fingerprint density at radius 2 is 1.77 bits per heavy atom. The highest BCUT2D eigenvalue weighted by molar-refractivity contribution is 5.56. The predicted molar refractivity (Wildman–Crippen MR) is 115 cm³/mol. The zero-order chi connectivity index (χ0) is 22.0. The van der Waals surface area contributed by atoms with Crippen LogP contribution in [0.25, 0.3) is 0 Å². The van der Waals surface area contributed by atoms with Crippen LogP contribution in [0.15, 0.2) is 10.7 Å². The second kappa shape index (κ2) is 12.3. The predicted octanol–water partition coefficient (Wildman–Crippen LogP) is 4.75. The number of rotatable bonds is 14. The van der Waals surface area contributed by atoms with E-state index in [0.717, 1.165) is 38.5 Å². The van der Waals surface area contributed by atoms with Crippen LogP contribution in [0.4, 0.5) is 5.69 Å². The second-order valence-electron chi connectivity index (χ2n) is 8.06. The summed E-state index contributed by atoms with van der Waals surface area (Å²) < 4.78 is 30.4. The Labute approximate surface area is 180 Å². The lowest BCUT2D eigenvalue weighted by atomic mass is 9.88. The van der Waals surface area contributed by atoms with Gasteiger partial charge in [0.25, 0.3) is 0 Å². The summed E-state index contributed by atoms with van der Waals surface area (Å²) in [7, 11) is 0. The molecule has 4 atom stereocenters. The van der Waals surface area contributed by atoms with Gasteiger partial charge >= 0.3 is 0 Å². The Morgan fingerprint density at radius 1 is 1.10 bits per heavy atom. The highest BCUT2D eigenvalue weighted by Gasteiger charge is 2.57. The van der Waals surface area contributed by atoms with E-state index < -0.39 is 11.7 Å². The van der Waals surface area contributed by atoms with E-state index in [4.69, 9.17) is 29.1 Å². The van der Waals surface area contributed by atoms with E-state index in [1.54, 1.807) is 0 Å². The molecule has 7 nitrogen and oxygen atoms in total. The average molecular weight is 423 g/mol. The first-order valence-electron chi connectivity index (χ1n) is 11.3. The molecule has 1 fully saturated rings. The molecule has 7 heteroatoms. The maximum Gasteiger partial charge on any atom is 0.226 e. The maximum atomic E-state index is 9.25. The molecule has 2 N–H and O–H groups in total. The molecule has 0 saturated carbocycles. The molecule has 0 aliphatic carbocycles. The number of anilines is 1. The Bertz CT molecular complexity index is 671. The third-order valence-corrected chi connectivity index (χ3v) is 5.61. The third kappa shape index (κ3) is 5.76. The number of hydrogen-bond acceptors (Lipinski definition) is 7. The van der Waals surface area contributed by atoms with Crippen LogP contribution in [0.1, 0.15) is 83.6 Å². The first-order valence-corrected chi connectivity index (χ1v) is 11.3. The number of nitrogens with zero attached hydrogens (tertiary/aromatic N) is 1. The largest absolute Gasteiger partial charge is 0.451 e. The van der Waals surface area contributed by atoms with Gasteiger partial charge in [-0.15, -0.1) is 0 Å². The molecule has 1 aliphatic rings. The van der Waals surface area contributed by atoms with Crippen molar-refractivity contribution in [3.8, 4) is 6.07 Å². The zero-order valence-electron chi connectivity index (χ0n) is 18.9. The normalized spacial score (nSPS) is 26.2. The molecule has 170 valence electrons. The van der Waals surface area contributed by atoms with Crippen LogP contribution in [0.2, 0.25) is 0 Å². The van der Waals surface area contributed by atoms with Gasteiger partial charge in [0.15, 0.2) is 0 Å². The van der Waals surface area contributed by atoms with Crippen molar-refractivity contribution < 1.29 is 23.4 Å². The quantitative estimate of drug-likeness (QED) is 0.432. The van der Waals surface area contributed by atoms with Crippen LogP contribution in [0, 0.1) is 11.3 Å². The molecule has 30 heavy (non-hydrogen) atoms. The summed E-state index contributed by atoms with van der Waals surface area (Å²) in [4.78, 5) is 0. The fraction of sp³-hybridized carbons (Fsp3) is 0.783. The average Bonchev–Trinajstić information content (AvgIpc) is 3.23. The standard InChI is InChI=1S/C23H38N2O5/c1-5-8-11-26-16-19-22(27-12-9-6-2)23(4,29-13-10-7-3)21(30-19)17-15-28-18(14-24)20(17)25/h15,19,21-22H,5-13,16,25H2,1-4H3/t19-,21+,22-,23+/m1/s1. The minimum Gasteiger partial charge on any atom is -0.451 e. The second-order valence-corrected chi connectivity index (χ2v) is 8.06. The molecule has 0 spiro atoms. The summed E-state index contributed by atoms with van der Waals surface area (Å²) in [5.74, 6) is 0.0932. The minimum absolute atomic E-state index is 0.0932. The number of nitriles is 1. The molecular weight excluding hydrogens is 384 g/mol. The smallest absolute Gasteiger partial charge is 0.226 e. The number of unbranched alkanes of at least 4 members (excludes halogenated alkanes) is 3. The van der Waals surface area contributed by atoms with Gasteiger partial charge < -0.3 is 29.1 Å². The Balaban J connectivity index is 2.31. The summed E-state index contributed by atoms with van der Waals surface area (Å²) in [6.07, 6.45) is 6.43. The molecule has 2 rings (SSSR count). The molecular formula is C23H38N2O5. The van der Waals surface area contributed by atoms with Crippen LogP contribution >= 0.6 is 0 Å². The van der Waals surface area contributed by atoms with Crippen molar-refractivity contribution in [1.29, 1.82) is 5.26 Å². The van der Waals surface area contributed by atoms with Crippen LogP contribution in [0.3, 0.4) is 0 Å². The lowest BCUT2D eigenvalue weighted by molar-refractivity contribution is -0.137. The van der Waals surface area contributed by atoms with Crippen LogP contribution in [0.5, 0.6) is 0 Å². The van der Waals surface area contributed by atoms with E-state index in [-0.39, 0.29) is 18.0 Å². The first kappa shape index (κ1) is 24.7. The van der Waals surface area contributed by atoms with Gasteiger partial charge in [-0.2, -0.15) is 5.26 Å².